The second-order valence-electron chi connectivity index (χ2n) is 6.20. The smallest absolute Gasteiger partial charge is 0.215 e. The van der Waals surface area contributed by atoms with E-state index < -0.39 is 10.0 Å². The second-order valence-corrected chi connectivity index (χ2v) is 8.25. The summed E-state index contributed by atoms with van der Waals surface area (Å²) < 4.78 is 27.4. The molecule has 1 saturated heterocycles. The molecule has 18 heavy (non-hydrogen) atoms. The number of piperidine rings is 1. The molecule has 1 heterocycles. The van der Waals surface area contributed by atoms with Crippen molar-refractivity contribution in [2.75, 3.05) is 19.6 Å². The lowest BCUT2D eigenvalue weighted by Gasteiger charge is -2.24. The summed E-state index contributed by atoms with van der Waals surface area (Å²) in [7, 11) is -3.10. The summed E-state index contributed by atoms with van der Waals surface area (Å²) >= 11 is 0. The Bertz CT molecular complexity index is 370. The van der Waals surface area contributed by atoms with E-state index in [1.807, 2.05) is 0 Å². The molecular formula is C13H24N2O2S. The first-order valence-electron chi connectivity index (χ1n) is 7.36. The van der Waals surface area contributed by atoms with Gasteiger partial charge in [-0.2, -0.15) is 0 Å². The molecule has 0 amide bonds. The Morgan fingerprint density at radius 1 is 1.11 bits per heavy atom. The Hall–Kier alpha value is -0.130. The molecule has 0 spiro atoms. The van der Waals surface area contributed by atoms with Gasteiger partial charge in [0.15, 0.2) is 0 Å². The van der Waals surface area contributed by atoms with Crippen molar-refractivity contribution in [1.82, 2.24) is 10.0 Å². The lowest BCUT2D eigenvalue weighted by molar-refractivity contribution is 0.398. The lowest BCUT2D eigenvalue weighted by atomic mass is 9.99. The van der Waals surface area contributed by atoms with Crippen molar-refractivity contribution in [2.45, 2.75) is 43.8 Å². The highest BCUT2D eigenvalue weighted by molar-refractivity contribution is 7.90. The maximum atomic E-state index is 12.2. The average molecular weight is 272 g/mol. The highest BCUT2D eigenvalue weighted by atomic mass is 32.2. The predicted octanol–water partition coefficient (Wildman–Crippen LogP) is 1.09. The average Bonchev–Trinajstić information content (AvgIpc) is 3.24. The third-order valence-electron chi connectivity index (χ3n) is 4.67. The zero-order valence-electron chi connectivity index (χ0n) is 10.9. The van der Waals surface area contributed by atoms with E-state index in [9.17, 15) is 8.42 Å². The van der Waals surface area contributed by atoms with Gasteiger partial charge in [-0.3, -0.25) is 0 Å². The molecule has 4 nitrogen and oxygen atoms in total. The van der Waals surface area contributed by atoms with Crippen LogP contribution in [0.25, 0.3) is 0 Å². The van der Waals surface area contributed by atoms with Crippen LogP contribution in [-0.4, -0.2) is 33.3 Å². The maximum Gasteiger partial charge on any atom is 0.215 e. The zero-order chi connectivity index (χ0) is 12.6. The second kappa shape index (κ2) is 5.10. The molecule has 0 bridgehead atoms. The van der Waals surface area contributed by atoms with Gasteiger partial charge in [-0.15, -0.1) is 0 Å². The molecule has 1 atom stereocenters. The van der Waals surface area contributed by atoms with Gasteiger partial charge in [0, 0.05) is 13.1 Å². The fourth-order valence-corrected chi connectivity index (χ4v) is 4.66. The Kier molecular flexibility index (Phi) is 3.65. The van der Waals surface area contributed by atoms with Gasteiger partial charge in [0.1, 0.15) is 0 Å². The van der Waals surface area contributed by atoms with E-state index >= 15 is 0 Å². The van der Waals surface area contributed by atoms with E-state index in [1.54, 1.807) is 0 Å². The summed E-state index contributed by atoms with van der Waals surface area (Å²) in [4.78, 5) is 0. The van der Waals surface area contributed by atoms with Crippen molar-refractivity contribution < 1.29 is 8.42 Å². The number of rotatable bonds is 6. The Morgan fingerprint density at radius 3 is 2.28 bits per heavy atom. The monoisotopic (exact) mass is 272 g/mol. The Labute approximate surface area is 110 Å². The van der Waals surface area contributed by atoms with Crippen LogP contribution in [0.2, 0.25) is 0 Å². The largest absolute Gasteiger partial charge is 0.315 e. The molecule has 3 aliphatic rings. The van der Waals surface area contributed by atoms with Crippen molar-refractivity contribution in [3.05, 3.63) is 0 Å². The van der Waals surface area contributed by atoms with Crippen molar-refractivity contribution >= 4 is 10.0 Å². The molecule has 1 aliphatic heterocycles. The molecule has 3 rings (SSSR count). The highest BCUT2D eigenvalue weighted by Crippen LogP contribution is 2.48. The fourth-order valence-electron chi connectivity index (χ4n) is 3.18. The maximum absolute atomic E-state index is 12.2. The SMILES string of the molecule is O=S(=O)(NCC(C1CC1)C1CC1)C1CCCNC1. The van der Waals surface area contributed by atoms with E-state index in [-0.39, 0.29) is 5.25 Å². The zero-order valence-corrected chi connectivity index (χ0v) is 11.7. The molecule has 0 aromatic rings. The Balaban J connectivity index is 1.53. The van der Waals surface area contributed by atoms with Gasteiger partial charge >= 0.3 is 0 Å². The summed E-state index contributed by atoms with van der Waals surface area (Å²) in [5.41, 5.74) is 0. The van der Waals surface area contributed by atoms with Crippen molar-refractivity contribution in [1.29, 1.82) is 0 Å². The van der Waals surface area contributed by atoms with Crippen LogP contribution in [0.5, 0.6) is 0 Å². The first-order chi connectivity index (χ1) is 8.67. The van der Waals surface area contributed by atoms with E-state index in [4.69, 9.17) is 0 Å². The third kappa shape index (κ3) is 3.06. The quantitative estimate of drug-likeness (QED) is 0.761. The van der Waals surface area contributed by atoms with Gasteiger partial charge in [0.25, 0.3) is 0 Å². The summed E-state index contributed by atoms with van der Waals surface area (Å²) in [6, 6.07) is 0. The minimum Gasteiger partial charge on any atom is -0.315 e. The molecule has 0 aromatic carbocycles. The third-order valence-corrected chi connectivity index (χ3v) is 6.51. The Morgan fingerprint density at radius 2 is 1.78 bits per heavy atom. The first kappa shape index (κ1) is 12.9. The minimum absolute atomic E-state index is 0.217. The van der Waals surface area contributed by atoms with E-state index in [2.05, 4.69) is 10.0 Å². The van der Waals surface area contributed by atoms with Gasteiger partial charge in [-0.1, -0.05) is 0 Å². The first-order valence-corrected chi connectivity index (χ1v) is 8.90. The van der Waals surface area contributed by atoms with Crippen molar-refractivity contribution in [2.24, 2.45) is 17.8 Å². The number of nitrogens with one attached hydrogen (secondary N) is 2. The van der Waals surface area contributed by atoms with Crippen LogP contribution in [0, 0.1) is 17.8 Å². The topological polar surface area (TPSA) is 58.2 Å². The van der Waals surface area contributed by atoms with Crippen LogP contribution in [0.15, 0.2) is 0 Å². The molecule has 2 saturated carbocycles. The van der Waals surface area contributed by atoms with Crippen molar-refractivity contribution in [3.63, 3.8) is 0 Å². The van der Waals surface area contributed by atoms with Crippen LogP contribution in [0.4, 0.5) is 0 Å². The number of hydrogen-bond donors (Lipinski definition) is 2. The van der Waals surface area contributed by atoms with Crippen molar-refractivity contribution in [3.8, 4) is 0 Å². The molecule has 104 valence electrons. The molecule has 2 aliphatic carbocycles. The lowest BCUT2D eigenvalue weighted by Crippen LogP contribution is -2.45. The van der Waals surface area contributed by atoms with Crippen LogP contribution in [-0.2, 0) is 10.0 Å². The van der Waals surface area contributed by atoms with E-state index in [0.717, 1.165) is 31.2 Å². The number of hydrogen-bond acceptors (Lipinski definition) is 3. The summed E-state index contributed by atoms with van der Waals surface area (Å²) in [6.07, 6.45) is 7.03. The normalized spacial score (nSPS) is 29.7. The van der Waals surface area contributed by atoms with Gasteiger partial charge in [-0.05, 0) is 62.8 Å². The number of sulfonamides is 1. The molecule has 1 unspecified atom stereocenters. The fraction of sp³-hybridized carbons (Fsp3) is 1.00. The molecule has 0 radical (unpaired) electrons. The van der Waals surface area contributed by atoms with Crippen LogP contribution < -0.4 is 10.0 Å². The predicted molar refractivity (Wildman–Crippen MR) is 71.8 cm³/mol. The standard InChI is InChI=1S/C13H24N2O2S/c16-18(17,12-2-1-7-14-8-12)15-9-13(10-3-4-10)11-5-6-11/h10-15H,1-9H2. The molecular weight excluding hydrogens is 248 g/mol. The van der Waals surface area contributed by atoms with Gasteiger partial charge in [-0.25, -0.2) is 13.1 Å². The van der Waals surface area contributed by atoms with Crippen LogP contribution in [0.1, 0.15) is 38.5 Å². The van der Waals surface area contributed by atoms with E-state index in [0.29, 0.717) is 19.0 Å². The minimum atomic E-state index is -3.10. The molecule has 5 heteroatoms. The van der Waals surface area contributed by atoms with E-state index in [1.165, 1.54) is 25.7 Å². The summed E-state index contributed by atoms with van der Waals surface area (Å²) in [5.74, 6) is 2.24. The van der Waals surface area contributed by atoms with Crippen LogP contribution >= 0.6 is 0 Å². The summed E-state index contributed by atoms with van der Waals surface area (Å²) in [5, 5.41) is 2.96. The van der Waals surface area contributed by atoms with Crippen LogP contribution in [0.3, 0.4) is 0 Å². The van der Waals surface area contributed by atoms with Gasteiger partial charge < -0.3 is 5.32 Å². The molecule has 3 fully saturated rings. The highest BCUT2D eigenvalue weighted by Gasteiger charge is 2.42. The molecule has 2 N–H and O–H groups in total. The van der Waals surface area contributed by atoms with Gasteiger partial charge in [0.05, 0.1) is 5.25 Å². The van der Waals surface area contributed by atoms with Gasteiger partial charge in [0.2, 0.25) is 10.0 Å². The summed E-state index contributed by atoms with van der Waals surface area (Å²) in [6.45, 7) is 2.26. The molecule has 0 aromatic heterocycles.